The van der Waals surface area contributed by atoms with E-state index in [9.17, 15) is 0 Å². The number of halogens is 2. The monoisotopic (exact) mass is 340 g/mol. The van der Waals surface area contributed by atoms with Gasteiger partial charge >= 0.3 is 0 Å². The molecular weight excluding hydrogens is 323 g/mol. The van der Waals surface area contributed by atoms with E-state index in [4.69, 9.17) is 23.2 Å². The molecule has 0 aromatic heterocycles. The topological polar surface area (TPSA) is 0 Å². The normalized spacial score (nSPS) is 10.8. The first-order chi connectivity index (χ1) is 11.1. The van der Waals surface area contributed by atoms with Crippen LogP contribution in [0.1, 0.15) is 18.1 Å². The van der Waals surface area contributed by atoms with Gasteiger partial charge in [-0.25, -0.2) is 0 Å². The predicted octanol–water partition coefficient (Wildman–Crippen LogP) is 7.20. The number of rotatable bonds is 3. The molecule has 3 rings (SSSR count). The molecule has 0 radical (unpaired) electrons. The van der Waals surface area contributed by atoms with Gasteiger partial charge in [-0.05, 0) is 71.0 Å². The molecule has 0 saturated heterocycles. The highest BCUT2D eigenvalue weighted by atomic mass is 35.5. The maximum atomic E-state index is 6.17. The van der Waals surface area contributed by atoms with Gasteiger partial charge in [-0.15, -0.1) is 0 Å². The van der Waals surface area contributed by atoms with E-state index in [1.54, 1.807) is 0 Å². The summed E-state index contributed by atoms with van der Waals surface area (Å²) in [7, 11) is 0. The Balaban J connectivity index is 2.03. The van der Waals surface area contributed by atoms with E-state index < -0.39 is 0 Å². The molecule has 0 aliphatic heterocycles. The Morgan fingerprint density at radius 1 is 0.696 bits per heavy atom. The van der Waals surface area contributed by atoms with E-state index in [1.165, 1.54) is 33.4 Å². The molecule has 23 heavy (non-hydrogen) atoms. The fourth-order valence-electron chi connectivity index (χ4n) is 2.86. The highest BCUT2D eigenvalue weighted by Crippen LogP contribution is 2.31. The van der Waals surface area contributed by atoms with E-state index in [1.807, 2.05) is 24.3 Å². The van der Waals surface area contributed by atoms with Crippen LogP contribution in [0.4, 0.5) is 0 Å². The Hall–Kier alpha value is -1.76. The van der Waals surface area contributed by atoms with Crippen molar-refractivity contribution in [1.82, 2.24) is 0 Å². The summed E-state index contributed by atoms with van der Waals surface area (Å²) in [5.41, 5.74) is 7.27. The molecule has 0 N–H and O–H groups in total. The van der Waals surface area contributed by atoms with E-state index in [-0.39, 0.29) is 0 Å². The first-order valence-corrected chi connectivity index (χ1v) is 8.49. The third-order valence-electron chi connectivity index (χ3n) is 4.16. The first kappa shape index (κ1) is 16.1. The average molecular weight is 341 g/mol. The zero-order valence-electron chi connectivity index (χ0n) is 13.2. The molecule has 0 nitrogen and oxygen atoms in total. The van der Waals surface area contributed by atoms with E-state index in [2.05, 4.69) is 50.2 Å². The van der Waals surface area contributed by atoms with Crippen molar-refractivity contribution >= 4 is 23.2 Å². The smallest absolute Gasteiger partial charge is 0.0412 e. The number of benzene rings is 3. The fourth-order valence-corrected chi connectivity index (χ4v) is 3.20. The molecule has 0 unspecified atom stereocenters. The third kappa shape index (κ3) is 3.44. The van der Waals surface area contributed by atoms with Crippen molar-refractivity contribution in [1.29, 1.82) is 0 Å². The van der Waals surface area contributed by atoms with Crippen molar-refractivity contribution in [2.45, 2.75) is 20.3 Å². The lowest BCUT2D eigenvalue weighted by atomic mass is 9.95. The van der Waals surface area contributed by atoms with Crippen LogP contribution in [0.25, 0.3) is 22.3 Å². The van der Waals surface area contributed by atoms with Crippen LogP contribution >= 0.6 is 23.2 Å². The molecule has 2 heteroatoms. The van der Waals surface area contributed by atoms with Crippen molar-refractivity contribution in [2.75, 3.05) is 0 Å². The minimum absolute atomic E-state index is 0.762. The fraction of sp³-hybridized carbons (Fsp3) is 0.143. The second-order valence-electron chi connectivity index (χ2n) is 5.69. The van der Waals surface area contributed by atoms with E-state index >= 15 is 0 Å². The Morgan fingerprint density at radius 2 is 1.22 bits per heavy atom. The molecule has 3 aromatic carbocycles. The van der Waals surface area contributed by atoms with Crippen molar-refractivity contribution in [3.63, 3.8) is 0 Å². The van der Waals surface area contributed by atoms with Crippen molar-refractivity contribution in [3.05, 3.63) is 81.8 Å². The lowest BCUT2D eigenvalue weighted by Gasteiger charge is -2.11. The quantitative estimate of drug-likeness (QED) is 0.472. The largest absolute Gasteiger partial charge is 0.0843 e. The number of hydrogen-bond acceptors (Lipinski definition) is 0. The van der Waals surface area contributed by atoms with Crippen LogP contribution in [0.2, 0.25) is 10.0 Å². The third-order valence-corrected chi connectivity index (χ3v) is 4.63. The Morgan fingerprint density at radius 3 is 1.83 bits per heavy atom. The first-order valence-electron chi connectivity index (χ1n) is 7.74. The molecule has 3 aromatic rings. The van der Waals surface area contributed by atoms with Crippen LogP contribution in [0.15, 0.2) is 60.7 Å². The van der Waals surface area contributed by atoms with Crippen LogP contribution in [-0.4, -0.2) is 0 Å². The maximum Gasteiger partial charge on any atom is 0.0412 e. The Kier molecular flexibility index (Phi) is 4.75. The maximum absolute atomic E-state index is 6.17. The summed E-state index contributed by atoms with van der Waals surface area (Å²) < 4.78 is 0. The van der Waals surface area contributed by atoms with Gasteiger partial charge in [0.1, 0.15) is 0 Å². The SMILES string of the molecule is CCc1ccc(Cl)cc1-c1ccc(-c2cc(Cl)ccc2C)cc1. The molecule has 0 aliphatic carbocycles. The van der Waals surface area contributed by atoms with Crippen molar-refractivity contribution in [2.24, 2.45) is 0 Å². The van der Waals surface area contributed by atoms with Crippen molar-refractivity contribution in [3.8, 4) is 22.3 Å². The predicted molar refractivity (Wildman–Crippen MR) is 101 cm³/mol. The molecule has 0 amide bonds. The number of aryl methyl sites for hydroxylation is 2. The van der Waals surface area contributed by atoms with Crippen LogP contribution in [0.5, 0.6) is 0 Å². The molecule has 0 aliphatic rings. The van der Waals surface area contributed by atoms with Gasteiger partial charge < -0.3 is 0 Å². The summed E-state index contributed by atoms with van der Waals surface area (Å²) in [6.07, 6.45) is 0.988. The molecule has 0 atom stereocenters. The standard InChI is InChI=1S/C21H18Cl2/c1-3-15-9-11-19(23)13-21(15)17-7-5-16(6-8-17)20-12-18(22)10-4-14(20)2/h4-13H,3H2,1-2H3. The van der Waals surface area contributed by atoms with Crippen LogP contribution in [-0.2, 0) is 6.42 Å². The van der Waals surface area contributed by atoms with Gasteiger partial charge in [0.2, 0.25) is 0 Å². The van der Waals surface area contributed by atoms with E-state index in [0.717, 1.165) is 16.5 Å². The highest BCUT2D eigenvalue weighted by molar-refractivity contribution is 6.31. The molecule has 0 bridgehead atoms. The van der Waals surface area contributed by atoms with Crippen LogP contribution < -0.4 is 0 Å². The molecule has 0 spiro atoms. The summed E-state index contributed by atoms with van der Waals surface area (Å²) in [5.74, 6) is 0. The minimum atomic E-state index is 0.762. The molecule has 116 valence electrons. The summed E-state index contributed by atoms with van der Waals surface area (Å²) in [6, 6.07) is 20.7. The lowest BCUT2D eigenvalue weighted by Crippen LogP contribution is -1.89. The summed E-state index contributed by atoms with van der Waals surface area (Å²) in [4.78, 5) is 0. The summed E-state index contributed by atoms with van der Waals surface area (Å²) in [5, 5.41) is 1.53. The average Bonchev–Trinajstić information content (AvgIpc) is 2.57. The van der Waals surface area contributed by atoms with Gasteiger partial charge in [-0.3, -0.25) is 0 Å². The Bertz CT molecular complexity index is 833. The summed E-state index contributed by atoms with van der Waals surface area (Å²) >= 11 is 12.3. The van der Waals surface area contributed by atoms with Crippen LogP contribution in [0.3, 0.4) is 0 Å². The summed E-state index contributed by atoms with van der Waals surface area (Å²) in [6.45, 7) is 4.27. The Labute approximate surface area is 147 Å². The second kappa shape index (κ2) is 6.78. The van der Waals surface area contributed by atoms with Crippen molar-refractivity contribution < 1.29 is 0 Å². The van der Waals surface area contributed by atoms with Gasteiger partial charge in [-0.1, -0.05) is 66.5 Å². The van der Waals surface area contributed by atoms with E-state index in [0.29, 0.717) is 0 Å². The second-order valence-corrected chi connectivity index (χ2v) is 6.56. The van der Waals surface area contributed by atoms with Gasteiger partial charge in [0.15, 0.2) is 0 Å². The zero-order chi connectivity index (χ0) is 16.4. The number of hydrogen-bond donors (Lipinski definition) is 0. The lowest BCUT2D eigenvalue weighted by molar-refractivity contribution is 1.14. The van der Waals surface area contributed by atoms with Gasteiger partial charge in [0.25, 0.3) is 0 Å². The molecule has 0 saturated carbocycles. The van der Waals surface area contributed by atoms with Crippen LogP contribution in [0, 0.1) is 6.92 Å². The van der Waals surface area contributed by atoms with Gasteiger partial charge in [0.05, 0.1) is 0 Å². The molecular formula is C21H18Cl2. The minimum Gasteiger partial charge on any atom is -0.0843 e. The zero-order valence-corrected chi connectivity index (χ0v) is 14.7. The molecule has 0 fully saturated rings. The highest BCUT2D eigenvalue weighted by Gasteiger charge is 2.07. The van der Waals surface area contributed by atoms with Gasteiger partial charge in [0, 0.05) is 10.0 Å². The van der Waals surface area contributed by atoms with Gasteiger partial charge in [-0.2, -0.15) is 0 Å². The molecule has 0 heterocycles.